The average molecular weight is 476 g/mol. The molecule has 0 aliphatic rings. The van der Waals surface area contributed by atoms with Crippen LogP contribution < -0.4 is 15.7 Å². The highest BCUT2D eigenvalue weighted by Gasteiger charge is 2.10. The van der Waals surface area contributed by atoms with Gasteiger partial charge in [0.05, 0.1) is 7.11 Å². The van der Waals surface area contributed by atoms with Crippen LogP contribution in [0.1, 0.15) is 5.56 Å². The standard InChI is InChI=1S/C19H14BrN3O3S2/c1-25-14-5-3-13(4-6-14)21-18-22-23-19(28-18)27-10-11-8-17(24)26-16-9-12(20)2-7-15(11)16/h2-9H,10H2,1H3,(H,21,22). The van der Waals surface area contributed by atoms with E-state index in [2.05, 4.69) is 31.4 Å². The fourth-order valence-corrected chi connectivity index (χ4v) is 4.68. The van der Waals surface area contributed by atoms with Crippen LogP contribution >= 0.6 is 39.0 Å². The van der Waals surface area contributed by atoms with E-state index in [-0.39, 0.29) is 5.63 Å². The largest absolute Gasteiger partial charge is 0.497 e. The Bertz CT molecular complexity index is 1180. The van der Waals surface area contributed by atoms with Crippen molar-refractivity contribution >= 4 is 60.8 Å². The minimum atomic E-state index is -0.361. The maximum Gasteiger partial charge on any atom is 0.336 e. The fourth-order valence-electron chi connectivity index (χ4n) is 2.58. The van der Waals surface area contributed by atoms with Crippen molar-refractivity contribution in [1.29, 1.82) is 0 Å². The second kappa shape index (κ2) is 8.34. The highest BCUT2D eigenvalue weighted by Crippen LogP contribution is 2.32. The van der Waals surface area contributed by atoms with Crippen LogP contribution in [0.15, 0.2) is 66.6 Å². The summed E-state index contributed by atoms with van der Waals surface area (Å²) in [4.78, 5) is 11.8. The van der Waals surface area contributed by atoms with E-state index >= 15 is 0 Å². The predicted octanol–water partition coefficient (Wildman–Crippen LogP) is 5.45. The number of nitrogens with one attached hydrogen (secondary N) is 1. The number of thioether (sulfide) groups is 1. The molecule has 1 N–H and O–H groups in total. The molecule has 2 aromatic heterocycles. The topological polar surface area (TPSA) is 77.2 Å². The summed E-state index contributed by atoms with van der Waals surface area (Å²) in [5.74, 6) is 1.40. The molecule has 4 rings (SSSR count). The van der Waals surface area contributed by atoms with Crippen molar-refractivity contribution in [3.8, 4) is 5.75 Å². The molecule has 0 fully saturated rings. The number of aromatic nitrogens is 2. The first-order valence-electron chi connectivity index (χ1n) is 8.20. The molecule has 0 saturated carbocycles. The summed E-state index contributed by atoms with van der Waals surface area (Å²) < 4.78 is 12.1. The Morgan fingerprint density at radius 3 is 2.79 bits per heavy atom. The van der Waals surface area contributed by atoms with Crippen LogP contribution in [0.25, 0.3) is 11.0 Å². The molecule has 0 amide bonds. The molecule has 0 saturated heterocycles. The zero-order valence-corrected chi connectivity index (χ0v) is 17.9. The normalized spacial score (nSPS) is 10.9. The number of ether oxygens (including phenoxy) is 1. The maximum absolute atomic E-state index is 11.8. The molecule has 6 nitrogen and oxygen atoms in total. The van der Waals surface area contributed by atoms with Crippen LogP contribution in [0.3, 0.4) is 0 Å². The van der Waals surface area contributed by atoms with Crippen LogP contribution in [0.2, 0.25) is 0 Å². The number of rotatable bonds is 6. The van der Waals surface area contributed by atoms with Crippen molar-refractivity contribution in [2.75, 3.05) is 12.4 Å². The van der Waals surface area contributed by atoms with Gasteiger partial charge in [-0.2, -0.15) is 0 Å². The van der Waals surface area contributed by atoms with Gasteiger partial charge in [0.15, 0.2) is 4.34 Å². The van der Waals surface area contributed by atoms with Gasteiger partial charge >= 0.3 is 5.63 Å². The van der Waals surface area contributed by atoms with Gasteiger partial charge < -0.3 is 14.5 Å². The Morgan fingerprint density at radius 2 is 2.00 bits per heavy atom. The zero-order chi connectivity index (χ0) is 19.5. The SMILES string of the molecule is COc1ccc(Nc2nnc(SCc3cc(=O)oc4cc(Br)ccc34)s2)cc1. The summed E-state index contributed by atoms with van der Waals surface area (Å²) in [6, 6.07) is 14.8. The van der Waals surface area contributed by atoms with E-state index in [0.717, 1.165) is 31.2 Å². The van der Waals surface area contributed by atoms with Crippen molar-refractivity contribution in [1.82, 2.24) is 10.2 Å². The number of anilines is 2. The van der Waals surface area contributed by atoms with E-state index in [1.807, 2.05) is 36.4 Å². The number of hydrogen-bond acceptors (Lipinski definition) is 8. The van der Waals surface area contributed by atoms with Gasteiger partial charge in [0.25, 0.3) is 0 Å². The molecule has 0 bridgehead atoms. The summed E-state index contributed by atoms with van der Waals surface area (Å²) in [6.45, 7) is 0. The van der Waals surface area contributed by atoms with E-state index < -0.39 is 0 Å². The van der Waals surface area contributed by atoms with Crippen molar-refractivity contribution in [2.24, 2.45) is 0 Å². The van der Waals surface area contributed by atoms with Gasteiger partial charge in [0.2, 0.25) is 5.13 Å². The van der Waals surface area contributed by atoms with Crippen LogP contribution in [0, 0.1) is 0 Å². The lowest BCUT2D eigenvalue weighted by Crippen LogP contribution is -1.99. The summed E-state index contributed by atoms with van der Waals surface area (Å²) >= 11 is 6.39. The highest BCUT2D eigenvalue weighted by molar-refractivity contribution is 9.10. The number of fused-ring (bicyclic) bond motifs is 1. The number of benzene rings is 2. The Kier molecular flexibility index (Phi) is 5.65. The molecule has 0 aliphatic carbocycles. The summed E-state index contributed by atoms with van der Waals surface area (Å²) in [6.07, 6.45) is 0. The quantitative estimate of drug-likeness (QED) is 0.293. The lowest BCUT2D eigenvalue weighted by atomic mass is 10.1. The molecule has 142 valence electrons. The molecule has 28 heavy (non-hydrogen) atoms. The number of halogens is 1. The van der Waals surface area contributed by atoms with Crippen LogP contribution in [-0.4, -0.2) is 17.3 Å². The van der Waals surface area contributed by atoms with Gasteiger partial charge in [-0.3, -0.25) is 0 Å². The summed E-state index contributed by atoms with van der Waals surface area (Å²) in [5.41, 5.74) is 2.02. The summed E-state index contributed by atoms with van der Waals surface area (Å²) in [7, 11) is 1.63. The van der Waals surface area contributed by atoms with Crippen molar-refractivity contribution in [2.45, 2.75) is 10.1 Å². The molecule has 2 heterocycles. The molecule has 0 spiro atoms. The molecule has 0 atom stereocenters. The third kappa shape index (κ3) is 4.37. The Hall–Kier alpha value is -2.36. The summed E-state index contributed by atoms with van der Waals surface area (Å²) in [5, 5.41) is 13.2. The maximum atomic E-state index is 11.8. The van der Waals surface area contributed by atoms with E-state index in [0.29, 0.717) is 16.5 Å². The van der Waals surface area contributed by atoms with Crippen molar-refractivity contribution in [3.05, 3.63) is 69.0 Å². The zero-order valence-electron chi connectivity index (χ0n) is 14.6. The second-order valence-corrected chi connectivity index (χ2v) is 8.86. The molecule has 0 aliphatic heterocycles. The van der Waals surface area contributed by atoms with Gasteiger partial charge in [0.1, 0.15) is 11.3 Å². The first-order chi connectivity index (χ1) is 13.6. The monoisotopic (exact) mass is 475 g/mol. The molecule has 0 radical (unpaired) electrons. The molecule has 2 aromatic carbocycles. The average Bonchev–Trinajstić information content (AvgIpc) is 3.13. The smallest absolute Gasteiger partial charge is 0.336 e. The highest BCUT2D eigenvalue weighted by atomic mass is 79.9. The van der Waals surface area contributed by atoms with E-state index in [1.54, 1.807) is 13.2 Å². The molecule has 9 heteroatoms. The minimum Gasteiger partial charge on any atom is -0.497 e. The van der Waals surface area contributed by atoms with E-state index in [1.165, 1.54) is 29.2 Å². The van der Waals surface area contributed by atoms with Crippen LogP contribution in [0.4, 0.5) is 10.8 Å². The Balaban J connectivity index is 1.47. The third-order valence-electron chi connectivity index (χ3n) is 3.89. The second-order valence-electron chi connectivity index (χ2n) is 5.75. The predicted molar refractivity (Wildman–Crippen MR) is 116 cm³/mol. The van der Waals surface area contributed by atoms with Gasteiger partial charge in [-0.1, -0.05) is 39.0 Å². The van der Waals surface area contributed by atoms with Crippen LogP contribution in [0.5, 0.6) is 5.75 Å². The van der Waals surface area contributed by atoms with Gasteiger partial charge in [-0.25, -0.2) is 4.79 Å². The van der Waals surface area contributed by atoms with Crippen molar-refractivity contribution < 1.29 is 9.15 Å². The molecule has 0 unspecified atom stereocenters. The first-order valence-corrected chi connectivity index (χ1v) is 10.8. The lowest BCUT2D eigenvalue weighted by molar-refractivity contribution is 0.415. The minimum absolute atomic E-state index is 0.361. The molecular weight excluding hydrogens is 462 g/mol. The number of methoxy groups -OCH3 is 1. The Labute approximate surface area is 177 Å². The van der Waals surface area contributed by atoms with Gasteiger partial charge in [0, 0.05) is 27.4 Å². The van der Waals surface area contributed by atoms with Crippen LogP contribution in [-0.2, 0) is 5.75 Å². The van der Waals surface area contributed by atoms with Gasteiger partial charge in [-0.05, 0) is 48.0 Å². The lowest BCUT2D eigenvalue weighted by Gasteiger charge is -2.04. The van der Waals surface area contributed by atoms with Gasteiger partial charge in [-0.15, -0.1) is 10.2 Å². The van der Waals surface area contributed by atoms with E-state index in [9.17, 15) is 4.79 Å². The first kappa shape index (κ1) is 19.0. The van der Waals surface area contributed by atoms with E-state index in [4.69, 9.17) is 9.15 Å². The molecule has 4 aromatic rings. The number of hydrogen-bond donors (Lipinski definition) is 1. The molecular formula is C19H14BrN3O3S2. The Morgan fingerprint density at radius 1 is 1.18 bits per heavy atom. The van der Waals surface area contributed by atoms with Crippen molar-refractivity contribution in [3.63, 3.8) is 0 Å². The number of nitrogens with zero attached hydrogens (tertiary/aromatic N) is 2. The fraction of sp³-hybridized carbons (Fsp3) is 0.105. The third-order valence-corrected chi connectivity index (χ3v) is 6.41.